The molecule has 8 heteroatoms. The summed E-state index contributed by atoms with van der Waals surface area (Å²) in [6.45, 7) is 2.57. The number of nitriles is 1. The number of hydrogen-bond acceptors (Lipinski definition) is 5. The van der Waals surface area contributed by atoms with Crippen LogP contribution in [0, 0.1) is 11.3 Å². The fraction of sp³-hybridized carbons (Fsp3) is 0.385. The van der Waals surface area contributed by atoms with Gasteiger partial charge in [0.05, 0.1) is 22.7 Å². The molecule has 1 atom stereocenters. The summed E-state index contributed by atoms with van der Waals surface area (Å²) in [4.78, 5) is 39.7. The third-order valence-corrected chi connectivity index (χ3v) is 7.21. The summed E-state index contributed by atoms with van der Waals surface area (Å²) < 4.78 is 3.19. The third kappa shape index (κ3) is 3.82. The van der Waals surface area contributed by atoms with Crippen LogP contribution >= 0.6 is 0 Å². The molecule has 174 valence electrons. The van der Waals surface area contributed by atoms with E-state index in [1.165, 1.54) is 0 Å². The lowest BCUT2D eigenvalue weighted by Crippen LogP contribution is -2.44. The largest absolute Gasteiger partial charge is 0.329 e. The summed E-state index contributed by atoms with van der Waals surface area (Å²) in [6.07, 6.45) is 2.46. The van der Waals surface area contributed by atoms with Gasteiger partial charge in [0.1, 0.15) is 6.04 Å². The van der Waals surface area contributed by atoms with Crippen LogP contribution < -0.4 is 11.0 Å². The number of amides is 2. The Morgan fingerprint density at radius 2 is 1.79 bits per heavy atom. The summed E-state index contributed by atoms with van der Waals surface area (Å²) in [5, 5.41) is 11.7. The molecule has 0 bridgehead atoms. The van der Waals surface area contributed by atoms with Crippen LogP contribution in [0.4, 0.5) is 0 Å². The topological polar surface area (TPSA) is 100 Å². The van der Waals surface area contributed by atoms with Crippen molar-refractivity contribution in [2.75, 3.05) is 13.1 Å². The molecule has 2 aliphatic heterocycles. The van der Waals surface area contributed by atoms with Crippen LogP contribution in [0.2, 0.25) is 0 Å². The molecule has 2 aromatic carbocycles. The summed E-state index contributed by atoms with van der Waals surface area (Å²) >= 11 is 0. The molecule has 1 aromatic heterocycles. The second-order valence-electron chi connectivity index (χ2n) is 9.21. The molecule has 3 heterocycles. The zero-order chi connectivity index (χ0) is 23.8. The standard InChI is InChI=1S/C26H27N5O3/c1-29-24-20(17-11-13-30(14-12-17)16-19-6-3-2-5-18(19)15-27)7-4-8-21(24)31(26(29)34)22-9-10-23(32)28-25(22)33/h2-8,17,22H,9-14,16H2,1H3,(H,28,32,33). The number of nitrogens with one attached hydrogen (secondary N) is 1. The number of aryl methyl sites for hydroxylation is 1. The molecule has 2 amide bonds. The van der Waals surface area contributed by atoms with Crippen LogP contribution in [0.15, 0.2) is 47.3 Å². The van der Waals surface area contributed by atoms with Crippen LogP contribution in [0.1, 0.15) is 54.3 Å². The maximum absolute atomic E-state index is 13.2. The maximum Gasteiger partial charge on any atom is 0.329 e. The first-order valence-electron chi connectivity index (χ1n) is 11.7. The van der Waals surface area contributed by atoms with E-state index >= 15 is 0 Å². The SMILES string of the molecule is Cn1c(=O)n(C2CCC(=O)NC2=O)c2cccc(C3CCN(Cc4ccccc4C#N)CC3)c21. The molecule has 3 aromatic rings. The normalized spacial score (nSPS) is 19.8. The highest BCUT2D eigenvalue weighted by atomic mass is 16.2. The molecule has 0 aliphatic carbocycles. The van der Waals surface area contributed by atoms with Crippen LogP contribution in [0.3, 0.4) is 0 Å². The van der Waals surface area contributed by atoms with Gasteiger partial charge in [-0.3, -0.25) is 28.9 Å². The van der Waals surface area contributed by atoms with Gasteiger partial charge in [-0.2, -0.15) is 5.26 Å². The van der Waals surface area contributed by atoms with E-state index in [1.807, 2.05) is 36.4 Å². The first kappa shape index (κ1) is 22.1. The first-order valence-corrected chi connectivity index (χ1v) is 11.7. The number of imide groups is 1. The van der Waals surface area contributed by atoms with Gasteiger partial charge in [0, 0.05) is 20.0 Å². The Bertz CT molecular complexity index is 1370. The van der Waals surface area contributed by atoms with Crippen molar-refractivity contribution in [2.45, 2.75) is 44.2 Å². The monoisotopic (exact) mass is 457 g/mol. The van der Waals surface area contributed by atoms with Gasteiger partial charge in [0.2, 0.25) is 11.8 Å². The van der Waals surface area contributed by atoms with Gasteiger partial charge in [0.25, 0.3) is 0 Å². The molecule has 0 saturated carbocycles. The van der Waals surface area contributed by atoms with Crippen LogP contribution in [0.25, 0.3) is 11.0 Å². The molecular formula is C26H27N5O3. The number of likely N-dealkylation sites (tertiary alicyclic amines) is 1. The maximum atomic E-state index is 13.2. The highest BCUT2D eigenvalue weighted by molar-refractivity contribution is 6.00. The highest BCUT2D eigenvalue weighted by Gasteiger charge is 2.32. The molecule has 1 unspecified atom stereocenters. The van der Waals surface area contributed by atoms with Crippen LogP contribution in [-0.2, 0) is 23.2 Å². The number of fused-ring (bicyclic) bond motifs is 1. The van der Waals surface area contributed by atoms with Gasteiger partial charge in [-0.15, -0.1) is 0 Å². The minimum absolute atomic E-state index is 0.228. The average Bonchev–Trinajstić information content (AvgIpc) is 3.10. The van der Waals surface area contributed by atoms with Gasteiger partial charge < -0.3 is 0 Å². The number of imidazole rings is 1. The second kappa shape index (κ2) is 8.92. The Balaban J connectivity index is 1.40. The van der Waals surface area contributed by atoms with E-state index < -0.39 is 11.9 Å². The van der Waals surface area contributed by atoms with Crippen molar-refractivity contribution in [3.8, 4) is 6.07 Å². The lowest BCUT2D eigenvalue weighted by molar-refractivity contribution is -0.135. The number of hydrogen-bond donors (Lipinski definition) is 1. The van der Waals surface area contributed by atoms with Gasteiger partial charge in [-0.05, 0) is 61.5 Å². The Hall–Kier alpha value is -3.70. The van der Waals surface area contributed by atoms with Gasteiger partial charge in [-0.1, -0.05) is 30.3 Å². The predicted octanol–water partition coefficient (Wildman–Crippen LogP) is 2.57. The predicted molar refractivity (Wildman–Crippen MR) is 127 cm³/mol. The number of para-hydroxylation sites is 1. The number of carbonyl (C=O) groups excluding carboxylic acids is 2. The first-order chi connectivity index (χ1) is 16.5. The van der Waals surface area contributed by atoms with E-state index in [0.29, 0.717) is 12.3 Å². The Labute approximate surface area is 197 Å². The minimum atomic E-state index is -0.675. The van der Waals surface area contributed by atoms with Crippen molar-refractivity contribution in [3.05, 3.63) is 69.6 Å². The zero-order valence-electron chi connectivity index (χ0n) is 19.2. The van der Waals surface area contributed by atoms with E-state index in [-0.39, 0.29) is 18.0 Å². The van der Waals surface area contributed by atoms with Crippen molar-refractivity contribution in [1.29, 1.82) is 5.26 Å². The molecule has 34 heavy (non-hydrogen) atoms. The lowest BCUT2D eigenvalue weighted by Gasteiger charge is -2.32. The highest BCUT2D eigenvalue weighted by Crippen LogP contribution is 2.34. The molecule has 2 saturated heterocycles. The van der Waals surface area contributed by atoms with Gasteiger partial charge >= 0.3 is 5.69 Å². The summed E-state index contributed by atoms with van der Waals surface area (Å²) in [5.41, 5.74) is 4.27. The number of rotatable bonds is 4. The number of piperidine rings is 2. The fourth-order valence-corrected chi connectivity index (χ4v) is 5.44. The summed E-state index contributed by atoms with van der Waals surface area (Å²) in [5.74, 6) is -0.407. The molecular weight excluding hydrogens is 430 g/mol. The fourth-order valence-electron chi connectivity index (χ4n) is 5.44. The lowest BCUT2D eigenvalue weighted by atomic mass is 9.88. The molecule has 0 radical (unpaired) electrons. The molecule has 5 rings (SSSR count). The van der Waals surface area contributed by atoms with E-state index in [1.54, 1.807) is 16.2 Å². The second-order valence-corrected chi connectivity index (χ2v) is 9.21. The summed E-state index contributed by atoms with van der Waals surface area (Å²) in [6, 6.07) is 15.3. The van der Waals surface area contributed by atoms with Gasteiger partial charge in [-0.25, -0.2) is 4.79 Å². The Kier molecular flexibility index (Phi) is 5.80. The smallest absolute Gasteiger partial charge is 0.299 e. The van der Waals surface area contributed by atoms with E-state index in [2.05, 4.69) is 22.4 Å². The van der Waals surface area contributed by atoms with Crippen molar-refractivity contribution in [3.63, 3.8) is 0 Å². The van der Waals surface area contributed by atoms with Crippen molar-refractivity contribution >= 4 is 22.8 Å². The molecule has 2 fully saturated rings. The average molecular weight is 458 g/mol. The van der Waals surface area contributed by atoms with Crippen molar-refractivity contribution in [2.24, 2.45) is 7.05 Å². The molecule has 2 aliphatic rings. The van der Waals surface area contributed by atoms with Crippen LogP contribution in [0.5, 0.6) is 0 Å². The quantitative estimate of drug-likeness (QED) is 0.607. The molecule has 8 nitrogen and oxygen atoms in total. The third-order valence-electron chi connectivity index (χ3n) is 7.21. The van der Waals surface area contributed by atoms with Crippen LogP contribution in [-0.4, -0.2) is 38.9 Å². The number of carbonyl (C=O) groups is 2. The number of aromatic nitrogens is 2. The Morgan fingerprint density at radius 1 is 1.03 bits per heavy atom. The number of nitrogens with zero attached hydrogens (tertiary/aromatic N) is 4. The van der Waals surface area contributed by atoms with Crippen molar-refractivity contribution in [1.82, 2.24) is 19.4 Å². The minimum Gasteiger partial charge on any atom is -0.299 e. The molecule has 0 spiro atoms. The van der Waals surface area contributed by atoms with E-state index in [0.717, 1.165) is 60.2 Å². The summed E-state index contributed by atoms with van der Waals surface area (Å²) in [7, 11) is 1.75. The number of benzene rings is 2. The van der Waals surface area contributed by atoms with Gasteiger partial charge in [0.15, 0.2) is 0 Å². The van der Waals surface area contributed by atoms with Crippen molar-refractivity contribution < 1.29 is 9.59 Å². The molecule has 1 N–H and O–H groups in total. The van der Waals surface area contributed by atoms with E-state index in [9.17, 15) is 19.6 Å². The zero-order valence-corrected chi connectivity index (χ0v) is 19.2. The van der Waals surface area contributed by atoms with E-state index in [4.69, 9.17) is 0 Å². The Morgan fingerprint density at radius 3 is 2.53 bits per heavy atom.